The molecule has 0 saturated carbocycles. The van der Waals surface area contributed by atoms with Crippen LogP contribution in [-0.4, -0.2) is 22.1 Å². The number of hydrogen-bond donors (Lipinski definition) is 0. The van der Waals surface area contributed by atoms with Crippen LogP contribution in [0.25, 0.3) is 0 Å². The maximum atomic E-state index is 13.2. The Morgan fingerprint density at radius 1 is 1.17 bits per heavy atom. The standard InChI is InChI=1S/C18H21NO3S/c1-13-10-15-6-4-5-7-17(15)19(12-13)23(20,21)18-9-8-16(22-3)11-14(18)2/h4-9,11,13H,10,12H2,1-3H3. The van der Waals surface area contributed by atoms with E-state index in [1.165, 1.54) is 0 Å². The Morgan fingerprint density at radius 3 is 2.61 bits per heavy atom. The van der Waals surface area contributed by atoms with Crippen LogP contribution < -0.4 is 9.04 Å². The van der Waals surface area contributed by atoms with Crippen LogP contribution in [0.2, 0.25) is 0 Å². The van der Waals surface area contributed by atoms with Gasteiger partial charge in [-0.05, 0) is 54.7 Å². The number of sulfonamides is 1. The van der Waals surface area contributed by atoms with Gasteiger partial charge in [0.1, 0.15) is 5.75 Å². The van der Waals surface area contributed by atoms with Crippen LogP contribution in [0.3, 0.4) is 0 Å². The van der Waals surface area contributed by atoms with Crippen molar-refractivity contribution in [1.29, 1.82) is 0 Å². The van der Waals surface area contributed by atoms with E-state index in [0.29, 0.717) is 28.7 Å². The van der Waals surface area contributed by atoms with Gasteiger partial charge in [0.25, 0.3) is 10.0 Å². The lowest BCUT2D eigenvalue weighted by atomic mass is 9.96. The van der Waals surface area contributed by atoms with Gasteiger partial charge >= 0.3 is 0 Å². The van der Waals surface area contributed by atoms with Crippen molar-refractivity contribution in [2.45, 2.75) is 25.2 Å². The van der Waals surface area contributed by atoms with E-state index in [-0.39, 0.29) is 0 Å². The zero-order valence-corrected chi connectivity index (χ0v) is 14.4. The molecule has 122 valence electrons. The van der Waals surface area contributed by atoms with Crippen molar-refractivity contribution < 1.29 is 13.2 Å². The van der Waals surface area contributed by atoms with Crippen LogP contribution in [0.1, 0.15) is 18.1 Å². The fraction of sp³-hybridized carbons (Fsp3) is 0.333. The van der Waals surface area contributed by atoms with Gasteiger partial charge in [0.15, 0.2) is 0 Å². The molecule has 0 bridgehead atoms. The molecule has 4 nitrogen and oxygen atoms in total. The van der Waals surface area contributed by atoms with E-state index < -0.39 is 10.0 Å². The number of aryl methyl sites for hydroxylation is 1. The lowest BCUT2D eigenvalue weighted by Crippen LogP contribution is -2.39. The highest BCUT2D eigenvalue weighted by atomic mass is 32.2. The summed E-state index contributed by atoms with van der Waals surface area (Å²) in [6.45, 7) is 4.39. The van der Waals surface area contributed by atoms with Crippen LogP contribution in [0.4, 0.5) is 5.69 Å². The monoisotopic (exact) mass is 331 g/mol. The molecule has 0 saturated heterocycles. The van der Waals surface area contributed by atoms with Crippen molar-refractivity contribution in [3.05, 3.63) is 53.6 Å². The van der Waals surface area contributed by atoms with Gasteiger partial charge in [0, 0.05) is 6.54 Å². The zero-order valence-electron chi connectivity index (χ0n) is 13.6. The highest BCUT2D eigenvalue weighted by molar-refractivity contribution is 7.92. The molecule has 1 aliphatic rings. The Labute approximate surface area is 137 Å². The molecule has 5 heteroatoms. The molecule has 0 N–H and O–H groups in total. The summed E-state index contributed by atoms with van der Waals surface area (Å²) >= 11 is 0. The average molecular weight is 331 g/mol. The predicted molar refractivity (Wildman–Crippen MR) is 91.6 cm³/mol. The van der Waals surface area contributed by atoms with Gasteiger partial charge in [-0.15, -0.1) is 0 Å². The minimum absolute atomic E-state index is 0.290. The van der Waals surface area contributed by atoms with Crippen LogP contribution in [0.15, 0.2) is 47.4 Å². The van der Waals surface area contributed by atoms with Crippen LogP contribution in [0.5, 0.6) is 5.75 Å². The molecule has 1 aliphatic heterocycles. The van der Waals surface area contributed by atoms with E-state index in [4.69, 9.17) is 4.74 Å². The molecule has 1 atom stereocenters. The van der Waals surface area contributed by atoms with Crippen molar-refractivity contribution in [2.75, 3.05) is 18.0 Å². The second kappa shape index (κ2) is 5.89. The maximum Gasteiger partial charge on any atom is 0.264 e. The Balaban J connectivity index is 2.10. The Bertz CT molecular complexity index is 830. The maximum absolute atomic E-state index is 13.2. The highest BCUT2D eigenvalue weighted by Crippen LogP contribution is 2.35. The number of anilines is 1. The summed E-state index contributed by atoms with van der Waals surface area (Å²) in [5.74, 6) is 0.951. The van der Waals surface area contributed by atoms with Gasteiger partial charge in [-0.3, -0.25) is 4.31 Å². The smallest absolute Gasteiger partial charge is 0.264 e. The van der Waals surface area contributed by atoms with Gasteiger partial charge in [-0.2, -0.15) is 0 Å². The molecular formula is C18H21NO3S. The zero-order chi connectivity index (χ0) is 16.6. The third kappa shape index (κ3) is 2.81. The molecule has 0 aliphatic carbocycles. The predicted octanol–water partition coefficient (Wildman–Crippen LogP) is 3.39. The minimum atomic E-state index is -3.59. The summed E-state index contributed by atoms with van der Waals surface area (Å²) in [7, 11) is -2.01. The van der Waals surface area contributed by atoms with Crippen molar-refractivity contribution >= 4 is 15.7 Å². The van der Waals surface area contributed by atoms with Gasteiger partial charge < -0.3 is 4.74 Å². The number of para-hydroxylation sites is 1. The van der Waals surface area contributed by atoms with Crippen LogP contribution in [0, 0.1) is 12.8 Å². The van der Waals surface area contributed by atoms with E-state index in [1.54, 1.807) is 36.5 Å². The molecule has 23 heavy (non-hydrogen) atoms. The number of fused-ring (bicyclic) bond motifs is 1. The number of ether oxygens (including phenoxy) is 1. The molecule has 0 aromatic heterocycles. The normalized spacial score (nSPS) is 17.7. The fourth-order valence-corrected chi connectivity index (χ4v) is 4.96. The van der Waals surface area contributed by atoms with Gasteiger partial charge in [0.05, 0.1) is 17.7 Å². The first kappa shape index (κ1) is 15.9. The number of benzene rings is 2. The highest BCUT2D eigenvalue weighted by Gasteiger charge is 2.32. The average Bonchev–Trinajstić information content (AvgIpc) is 2.53. The molecule has 0 amide bonds. The number of nitrogens with zero attached hydrogens (tertiary/aromatic N) is 1. The van der Waals surface area contributed by atoms with E-state index in [2.05, 4.69) is 6.92 Å². The molecule has 2 aromatic rings. The van der Waals surface area contributed by atoms with E-state index in [1.807, 2.05) is 24.3 Å². The molecule has 1 unspecified atom stereocenters. The molecule has 0 radical (unpaired) electrons. The van der Waals surface area contributed by atoms with Crippen LogP contribution >= 0.6 is 0 Å². The second-order valence-electron chi connectivity index (χ2n) is 6.11. The summed E-state index contributed by atoms with van der Waals surface area (Å²) in [4.78, 5) is 0.335. The first-order valence-corrected chi connectivity index (χ1v) is 9.13. The minimum Gasteiger partial charge on any atom is -0.497 e. The molecular weight excluding hydrogens is 310 g/mol. The van der Waals surface area contributed by atoms with Crippen molar-refractivity contribution in [2.24, 2.45) is 5.92 Å². The van der Waals surface area contributed by atoms with Crippen molar-refractivity contribution in [1.82, 2.24) is 0 Å². The third-order valence-corrected chi connectivity index (χ3v) is 6.20. The second-order valence-corrected chi connectivity index (χ2v) is 7.94. The first-order chi connectivity index (χ1) is 10.9. The summed E-state index contributed by atoms with van der Waals surface area (Å²) in [5.41, 5.74) is 2.57. The van der Waals surface area contributed by atoms with E-state index in [9.17, 15) is 8.42 Å². The number of hydrogen-bond acceptors (Lipinski definition) is 3. The van der Waals surface area contributed by atoms with Gasteiger partial charge in [-0.1, -0.05) is 25.1 Å². The lowest BCUT2D eigenvalue weighted by Gasteiger charge is -2.34. The Hall–Kier alpha value is -2.01. The van der Waals surface area contributed by atoms with Gasteiger partial charge in [0.2, 0.25) is 0 Å². The van der Waals surface area contributed by atoms with Crippen molar-refractivity contribution in [3.8, 4) is 5.75 Å². The number of rotatable bonds is 3. The first-order valence-electron chi connectivity index (χ1n) is 7.69. The SMILES string of the molecule is COc1ccc(S(=O)(=O)N2CC(C)Cc3ccccc32)c(C)c1. The van der Waals surface area contributed by atoms with Gasteiger partial charge in [-0.25, -0.2) is 8.42 Å². The molecule has 2 aromatic carbocycles. The Morgan fingerprint density at radius 2 is 1.91 bits per heavy atom. The van der Waals surface area contributed by atoms with Crippen LogP contribution in [-0.2, 0) is 16.4 Å². The quantitative estimate of drug-likeness (QED) is 0.866. The third-order valence-electron chi connectivity index (χ3n) is 4.26. The largest absolute Gasteiger partial charge is 0.497 e. The van der Waals surface area contributed by atoms with Crippen molar-refractivity contribution in [3.63, 3.8) is 0 Å². The molecule has 3 rings (SSSR count). The summed E-state index contributed by atoms with van der Waals surface area (Å²) < 4.78 is 33.1. The fourth-order valence-electron chi connectivity index (χ4n) is 3.13. The molecule has 0 fully saturated rings. The number of methoxy groups -OCH3 is 1. The summed E-state index contributed by atoms with van der Waals surface area (Å²) in [6, 6.07) is 12.8. The lowest BCUT2D eigenvalue weighted by molar-refractivity contribution is 0.414. The molecule has 0 spiro atoms. The topological polar surface area (TPSA) is 46.6 Å². The summed E-state index contributed by atoms with van der Waals surface area (Å²) in [5, 5.41) is 0. The Kier molecular flexibility index (Phi) is 4.06. The molecule has 1 heterocycles. The summed E-state index contributed by atoms with van der Waals surface area (Å²) in [6.07, 6.45) is 0.907. The van der Waals surface area contributed by atoms with E-state index >= 15 is 0 Å². The van der Waals surface area contributed by atoms with E-state index in [0.717, 1.165) is 17.7 Å².